The van der Waals surface area contributed by atoms with Crippen molar-refractivity contribution in [1.29, 1.82) is 5.26 Å². The van der Waals surface area contributed by atoms with Crippen LogP contribution in [0.1, 0.15) is 16.8 Å². The summed E-state index contributed by atoms with van der Waals surface area (Å²) in [5.74, 6) is -0.533. The van der Waals surface area contributed by atoms with Gasteiger partial charge in [-0.15, -0.1) is 0 Å². The Balaban J connectivity index is 1.87. The van der Waals surface area contributed by atoms with Crippen molar-refractivity contribution in [1.82, 2.24) is 9.97 Å². The van der Waals surface area contributed by atoms with Gasteiger partial charge in [0.25, 0.3) is 0 Å². The van der Waals surface area contributed by atoms with Crippen LogP contribution in [0.4, 0.5) is 4.39 Å². The monoisotopic (exact) mass is 314 g/mol. The van der Waals surface area contributed by atoms with Crippen LogP contribution in [0.2, 0.25) is 0 Å². The SMILES string of the molecule is N#Cc1cc(-c2ncccc2-c2cnc3c(c2)C=NC3)ccc1F. The van der Waals surface area contributed by atoms with Crippen LogP contribution in [0, 0.1) is 17.1 Å². The molecular weight excluding hydrogens is 303 g/mol. The summed E-state index contributed by atoms with van der Waals surface area (Å²) in [5.41, 5.74) is 5.13. The molecule has 3 aromatic rings. The molecule has 0 amide bonds. The largest absolute Gasteiger partial charge is 0.286 e. The van der Waals surface area contributed by atoms with Crippen molar-refractivity contribution >= 4 is 6.21 Å². The number of nitriles is 1. The second-order valence-corrected chi connectivity index (χ2v) is 5.44. The molecule has 24 heavy (non-hydrogen) atoms. The number of aromatic nitrogens is 2. The van der Waals surface area contributed by atoms with Crippen molar-refractivity contribution in [3.05, 3.63) is 71.4 Å². The fourth-order valence-corrected chi connectivity index (χ4v) is 2.76. The average Bonchev–Trinajstić information content (AvgIpc) is 3.10. The van der Waals surface area contributed by atoms with Crippen LogP contribution < -0.4 is 0 Å². The Labute approximate surface area is 138 Å². The fraction of sp³-hybridized carbons (Fsp3) is 0.0526. The Hall–Kier alpha value is -3.39. The summed E-state index contributed by atoms with van der Waals surface area (Å²) in [6, 6.07) is 12.1. The molecule has 0 bridgehead atoms. The maximum atomic E-state index is 13.6. The van der Waals surface area contributed by atoms with Gasteiger partial charge in [0.15, 0.2) is 0 Å². The molecule has 114 valence electrons. The van der Waals surface area contributed by atoms with E-state index >= 15 is 0 Å². The van der Waals surface area contributed by atoms with E-state index in [9.17, 15) is 4.39 Å². The molecule has 0 N–H and O–H groups in total. The zero-order valence-corrected chi connectivity index (χ0v) is 12.6. The number of hydrogen-bond donors (Lipinski definition) is 0. The van der Waals surface area contributed by atoms with Crippen LogP contribution in [0.3, 0.4) is 0 Å². The second-order valence-electron chi connectivity index (χ2n) is 5.44. The van der Waals surface area contributed by atoms with Crippen LogP contribution >= 0.6 is 0 Å². The minimum atomic E-state index is -0.533. The lowest BCUT2D eigenvalue weighted by Gasteiger charge is -2.10. The summed E-state index contributed by atoms with van der Waals surface area (Å²) in [4.78, 5) is 13.1. The van der Waals surface area contributed by atoms with Gasteiger partial charge in [-0.25, -0.2) is 4.39 Å². The maximum absolute atomic E-state index is 13.6. The van der Waals surface area contributed by atoms with Crippen molar-refractivity contribution in [3.63, 3.8) is 0 Å². The molecule has 0 saturated carbocycles. The molecule has 2 aromatic heterocycles. The third kappa shape index (κ3) is 2.34. The van der Waals surface area contributed by atoms with E-state index in [1.165, 1.54) is 12.1 Å². The number of benzene rings is 1. The molecular formula is C19H11FN4. The summed E-state index contributed by atoms with van der Waals surface area (Å²) in [6.45, 7) is 0.610. The first kappa shape index (κ1) is 14.2. The fourth-order valence-electron chi connectivity index (χ4n) is 2.76. The lowest BCUT2D eigenvalue weighted by atomic mass is 9.98. The summed E-state index contributed by atoms with van der Waals surface area (Å²) in [5, 5.41) is 9.05. The lowest BCUT2D eigenvalue weighted by molar-refractivity contribution is 0.624. The topological polar surface area (TPSA) is 61.9 Å². The van der Waals surface area contributed by atoms with Crippen LogP contribution in [-0.4, -0.2) is 16.2 Å². The van der Waals surface area contributed by atoms with Crippen LogP contribution in [-0.2, 0) is 6.54 Å². The van der Waals surface area contributed by atoms with E-state index in [0.29, 0.717) is 17.8 Å². The van der Waals surface area contributed by atoms with Crippen LogP contribution in [0.25, 0.3) is 22.4 Å². The van der Waals surface area contributed by atoms with Crippen LogP contribution in [0.15, 0.2) is 53.8 Å². The third-order valence-corrected chi connectivity index (χ3v) is 3.95. The molecule has 1 aliphatic rings. The molecule has 1 aliphatic heterocycles. The van der Waals surface area contributed by atoms with Gasteiger partial charge in [0.05, 0.1) is 23.5 Å². The summed E-state index contributed by atoms with van der Waals surface area (Å²) in [7, 11) is 0. The van der Waals surface area contributed by atoms with E-state index < -0.39 is 5.82 Å². The summed E-state index contributed by atoms with van der Waals surface area (Å²) >= 11 is 0. The number of hydrogen-bond acceptors (Lipinski definition) is 4. The predicted molar refractivity (Wildman–Crippen MR) is 88.9 cm³/mol. The van der Waals surface area contributed by atoms with Gasteiger partial charge in [-0.05, 0) is 30.3 Å². The number of fused-ring (bicyclic) bond motifs is 1. The molecule has 4 nitrogen and oxygen atoms in total. The Bertz CT molecular complexity index is 1020. The molecule has 0 atom stereocenters. The molecule has 0 saturated heterocycles. The second kappa shape index (κ2) is 5.67. The molecule has 0 spiro atoms. The van der Waals surface area contributed by atoms with Gasteiger partial charge in [0.1, 0.15) is 11.9 Å². The minimum Gasteiger partial charge on any atom is -0.286 e. The lowest BCUT2D eigenvalue weighted by Crippen LogP contribution is -1.94. The molecule has 0 radical (unpaired) electrons. The van der Waals surface area contributed by atoms with E-state index in [4.69, 9.17) is 5.26 Å². The van der Waals surface area contributed by atoms with Gasteiger partial charge in [-0.1, -0.05) is 6.07 Å². The van der Waals surface area contributed by atoms with Crippen molar-refractivity contribution in [2.24, 2.45) is 4.99 Å². The Morgan fingerprint density at radius 1 is 1.08 bits per heavy atom. The highest BCUT2D eigenvalue weighted by atomic mass is 19.1. The molecule has 5 heteroatoms. The molecule has 4 rings (SSSR count). The first-order valence-corrected chi connectivity index (χ1v) is 7.40. The number of pyridine rings is 2. The minimum absolute atomic E-state index is 0.00307. The third-order valence-electron chi connectivity index (χ3n) is 3.95. The number of aliphatic imine (C=N–C) groups is 1. The zero-order chi connectivity index (χ0) is 16.5. The van der Waals surface area contributed by atoms with Gasteiger partial charge in [0, 0.05) is 40.9 Å². The highest BCUT2D eigenvalue weighted by molar-refractivity contribution is 5.88. The first-order chi connectivity index (χ1) is 11.8. The van der Waals surface area contributed by atoms with E-state index in [1.54, 1.807) is 18.5 Å². The summed E-state index contributed by atoms with van der Waals surface area (Å²) in [6.07, 6.45) is 5.28. The van der Waals surface area contributed by atoms with Gasteiger partial charge in [-0.3, -0.25) is 15.0 Å². The molecule has 3 heterocycles. The molecule has 0 aliphatic carbocycles. The quantitative estimate of drug-likeness (QED) is 0.723. The Morgan fingerprint density at radius 2 is 2.00 bits per heavy atom. The van der Waals surface area contributed by atoms with Gasteiger partial charge >= 0.3 is 0 Å². The van der Waals surface area contributed by atoms with Crippen molar-refractivity contribution in [3.8, 4) is 28.5 Å². The number of rotatable bonds is 2. The number of halogens is 1. The van der Waals surface area contributed by atoms with Crippen molar-refractivity contribution in [2.75, 3.05) is 0 Å². The first-order valence-electron chi connectivity index (χ1n) is 7.40. The smallest absolute Gasteiger partial charge is 0.140 e. The van der Waals surface area contributed by atoms with Gasteiger partial charge in [-0.2, -0.15) is 5.26 Å². The Morgan fingerprint density at radius 3 is 2.88 bits per heavy atom. The van der Waals surface area contributed by atoms with Gasteiger partial charge < -0.3 is 0 Å². The number of nitrogens with zero attached hydrogens (tertiary/aromatic N) is 4. The standard InChI is InChI=1S/C19H11FN4/c20-17-4-3-12(6-13(17)8-21)19-16(2-1-5-23-19)14-7-15-9-22-11-18(15)24-10-14/h1-7,9-10H,11H2. The zero-order valence-electron chi connectivity index (χ0n) is 12.6. The highest BCUT2D eigenvalue weighted by Crippen LogP contribution is 2.31. The van der Waals surface area contributed by atoms with E-state index in [1.807, 2.05) is 30.5 Å². The van der Waals surface area contributed by atoms with E-state index in [-0.39, 0.29) is 5.56 Å². The summed E-state index contributed by atoms with van der Waals surface area (Å²) < 4.78 is 13.6. The van der Waals surface area contributed by atoms with Crippen molar-refractivity contribution < 1.29 is 4.39 Å². The van der Waals surface area contributed by atoms with Gasteiger partial charge in [0.2, 0.25) is 0 Å². The molecule has 0 fully saturated rings. The predicted octanol–water partition coefficient (Wildman–Crippen LogP) is 3.75. The average molecular weight is 314 g/mol. The highest BCUT2D eigenvalue weighted by Gasteiger charge is 2.14. The normalized spacial score (nSPS) is 12.0. The Kier molecular flexibility index (Phi) is 3.36. The van der Waals surface area contributed by atoms with E-state index in [2.05, 4.69) is 15.0 Å². The van der Waals surface area contributed by atoms with Crippen molar-refractivity contribution in [2.45, 2.75) is 6.54 Å². The van der Waals surface area contributed by atoms with E-state index in [0.717, 1.165) is 22.4 Å². The van der Waals surface area contributed by atoms with Crippen LogP contribution in [0.5, 0.6) is 0 Å². The molecule has 1 aromatic carbocycles. The molecule has 0 unspecified atom stereocenters. The maximum Gasteiger partial charge on any atom is 0.140 e.